The fraction of sp³-hybridized carbons (Fsp3) is 0.333. The molecule has 0 amide bonds. The first-order valence-corrected chi connectivity index (χ1v) is 5.13. The van der Waals surface area contributed by atoms with Crippen LogP contribution in [0.25, 0.3) is 0 Å². The van der Waals surface area contributed by atoms with Gasteiger partial charge in [0.1, 0.15) is 5.82 Å². The third kappa shape index (κ3) is 2.42. The second-order valence-electron chi connectivity index (χ2n) is 2.81. The summed E-state index contributed by atoms with van der Waals surface area (Å²) >= 11 is 8.90. The van der Waals surface area contributed by atoms with Gasteiger partial charge in [0, 0.05) is 16.1 Å². The van der Waals surface area contributed by atoms with E-state index in [4.69, 9.17) is 17.3 Å². The summed E-state index contributed by atoms with van der Waals surface area (Å²) < 4.78 is 14.1. The molecule has 0 radical (unpaired) electrons. The molecule has 1 atom stereocenters. The third-order valence-corrected chi connectivity index (χ3v) is 2.59. The number of rotatable bonds is 2. The highest BCUT2D eigenvalue weighted by Gasteiger charge is 2.13. The Hall–Kier alpha value is -0.120. The van der Waals surface area contributed by atoms with Crippen molar-refractivity contribution < 1.29 is 4.39 Å². The van der Waals surface area contributed by atoms with Crippen LogP contribution >= 0.6 is 27.5 Å². The predicted molar refractivity (Wildman–Crippen MR) is 56.3 cm³/mol. The van der Waals surface area contributed by atoms with Gasteiger partial charge in [-0.2, -0.15) is 0 Å². The molecular formula is C9H10BrClFN. The van der Waals surface area contributed by atoms with Gasteiger partial charge in [-0.1, -0.05) is 34.5 Å². The van der Waals surface area contributed by atoms with Gasteiger partial charge < -0.3 is 5.73 Å². The van der Waals surface area contributed by atoms with Crippen LogP contribution in [-0.2, 0) is 0 Å². The van der Waals surface area contributed by atoms with Crippen molar-refractivity contribution in [2.75, 3.05) is 0 Å². The molecule has 0 bridgehead atoms. The fourth-order valence-electron chi connectivity index (χ4n) is 1.07. The largest absolute Gasteiger partial charge is 0.324 e. The highest BCUT2D eigenvalue weighted by Crippen LogP contribution is 2.28. The Bertz CT molecular complexity index is 317. The van der Waals surface area contributed by atoms with E-state index in [-0.39, 0.29) is 11.1 Å². The second kappa shape index (κ2) is 4.40. The number of hydrogen-bond donors (Lipinski definition) is 1. The number of nitrogens with two attached hydrogens (primary N) is 1. The van der Waals surface area contributed by atoms with Crippen molar-refractivity contribution in [2.45, 2.75) is 19.4 Å². The summed E-state index contributed by atoms with van der Waals surface area (Å²) in [6.07, 6.45) is 0.684. The summed E-state index contributed by atoms with van der Waals surface area (Å²) in [5, 5.41) is 0.105. The fourth-order valence-corrected chi connectivity index (χ4v) is 1.90. The van der Waals surface area contributed by atoms with Crippen molar-refractivity contribution >= 4 is 27.5 Å². The van der Waals surface area contributed by atoms with Gasteiger partial charge in [-0.25, -0.2) is 4.39 Å². The van der Waals surface area contributed by atoms with E-state index in [1.165, 1.54) is 6.07 Å². The number of benzene rings is 1. The molecule has 2 N–H and O–H groups in total. The van der Waals surface area contributed by atoms with Crippen molar-refractivity contribution in [3.63, 3.8) is 0 Å². The molecule has 1 rings (SSSR count). The topological polar surface area (TPSA) is 26.0 Å². The number of halogens is 3. The minimum absolute atomic E-state index is 0.105. The zero-order chi connectivity index (χ0) is 10.0. The lowest BCUT2D eigenvalue weighted by Crippen LogP contribution is -2.10. The van der Waals surface area contributed by atoms with Gasteiger partial charge in [-0.3, -0.25) is 0 Å². The lowest BCUT2D eigenvalue weighted by Gasteiger charge is -2.11. The molecule has 0 heterocycles. The van der Waals surface area contributed by atoms with Gasteiger partial charge in [0.15, 0.2) is 0 Å². The standard InChI is InChI=1S/C9H10BrClFN/c1-2-8(13)6-3-5(10)4-7(11)9(6)12/h3-4,8H,2,13H2,1H3. The van der Waals surface area contributed by atoms with E-state index in [1.54, 1.807) is 6.07 Å². The van der Waals surface area contributed by atoms with Gasteiger partial charge in [-0.15, -0.1) is 0 Å². The molecule has 1 aromatic rings. The Morgan fingerprint density at radius 1 is 1.62 bits per heavy atom. The molecular weight excluding hydrogens is 256 g/mol. The van der Waals surface area contributed by atoms with Gasteiger partial charge >= 0.3 is 0 Å². The lowest BCUT2D eigenvalue weighted by molar-refractivity contribution is 0.575. The summed E-state index contributed by atoms with van der Waals surface area (Å²) in [7, 11) is 0. The molecule has 72 valence electrons. The van der Waals surface area contributed by atoms with E-state index in [0.29, 0.717) is 12.0 Å². The minimum Gasteiger partial charge on any atom is -0.324 e. The summed E-state index contributed by atoms with van der Waals surface area (Å²) in [5.41, 5.74) is 6.17. The summed E-state index contributed by atoms with van der Waals surface area (Å²) in [5.74, 6) is -0.417. The molecule has 0 spiro atoms. The summed E-state index contributed by atoms with van der Waals surface area (Å²) in [6, 6.07) is 2.88. The first-order chi connectivity index (χ1) is 6.06. The van der Waals surface area contributed by atoms with Crippen LogP contribution in [0.2, 0.25) is 5.02 Å². The van der Waals surface area contributed by atoms with Crippen molar-refractivity contribution in [2.24, 2.45) is 5.73 Å². The smallest absolute Gasteiger partial charge is 0.146 e. The predicted octanol–water partition coefficient (Wildman–Crippen LogP) is 3.65. The zero-order valence-electron chi connectivity index (χ0n) is 7.15. The van der Waals surface area contributed by atoms with Crippen LogP contribution in [0.5, 0.6) is 0 Å². The van der Waals surface area contributed by atoms with E-state index < -0.39 is 5.82 Å². The minimum atomic E-state index is -0.417. The van der Waals surface area contributed by atoms with E-state index >= 15 is 0 Å². The molecule has 0 aromatic heterocycles. The molecule has 13 heavy (non-hydrogen) atoms. The van der Waals surface area contributed by atoms with Crippen LogP contribution in [0, 0.1) is 5.82 Å². The van der Waals surface area contributed by atoms with E-state index in [1.807, 2.05) is 6.92 Å². The molecule has 0 aliphatic carbocycles. The van der Waals surface area contributed by atoms with Crippen LogP contribution < -0.4 is 5.73 Å². The van der Waals surface area contributed by atoms with E-state index in [2.05, 4.69) is 15.9 Å². The highest BCUT2D eigenvalue weighted by atomic mass is 79.9. The molecule has 1 aromatic carbocycles. The monoisotopic (exact) mass is 265 g/mol. The van der Waals surface area contributed by atoms with Gasteiger partial charge in [0.2, 0.25) is 0 Å². The quantitative estimate of drug-likeness (QED) is 0.813. The van der Waals surface area contributed by atoms with Crippen LogP contribution in [0.4, 0.5) is 4.39 Å². The molecule has 0 aliphatic rings. The molecule has 1 nitrogen and oxygen atoms in total. The van der Waals surface area contributed by atoms with Gasteiger partial charge in [0.05, 0.1) is 5.02 Å². The first-order valence-electron chi connectivity index (χ1n) is 3.96. The average molecular weight is 267 g/mol. The molecule has 0 aliphatic heterocycles. The SMILES string of the molecule is CCC(N)c1cc(Br)cc(Cl)c1F. The van der Waals surface area contributed by atoms with Crippen LogP contribution in [0.15, 0.2) is 16.6 Å². The molecule has 0 fully saturated rings. The Morgan fingerprint density at radius 2 is 2.23 bits per heavy atom. The Balaban J connectivity index is 3.20. The van der Waals surface area contributed by atoms with Crippen molar-refractivity contribution in [1.29, 1.82) is 0 Å². The second-order valence-corrected chi connectivity index (χ2v) is 4.13. The third-order valence-electron chi connectivity index (χ3n) is 1.86. The first kappa shape index (κ1) is 11.0. The molecule has 0 saturated carbocycles. The molecule has 0 saturated heterocycles. The van der Waals surface area contributed by atoms with E-state index in [0.717, 1.165) is 4.47 Å². The average Bonchev–Trinajstić information content (AvgIpc) is 2.10. The van der Waals surface area contributed by atoms with Crippen LogP contribution in [0.1, 0.15) is 24.9 Å². The Labute approximate surface area is 90.2 Å². The molecule has 4 heteroatoms. The Kier molecular flexibility index (Phi) is 3.71. The van der Waals surface area contributed by atoms with Crippen molar-refractivity contribution in [1.82, 2.24) is 0 Å². The lowest BCUT2D eigenvalue weighted by atomic mass is 10.1. The summed E-state index contributed by atoms with van der Waals surface area (Å²) in [6.45, 7) is 1.90. The van der Waals surface area contributed by atoms with Crippen LogP contribution in [-0.4, -0.2) is 0 Å². The maximum Gasteiger partial charge on any atom is 0.146 e. The van der Waals surface area contributed by atoms with Crippen molar-refractivity contribution in [3.05, 3.63) is 33.0 Å². The highest BCUT2D eigenvalue weighted by molar-refractivity contribution is 9.10. The van der Waals surface area contributed by atoms with Gasteiger partial charge in [-0.05, 0) is 18.6 Å². The maximum absolute atomic E-state index is 13.4. The number of hydrogen-bond acceptors (Lipinski definition) is 1. The molecule has 1 unspecified atom stereocenters. The van der Waals surface area contributed by atoms with Crippen molar-refractivity contribution in [3.8, 4) is 0 Å². The van der Waals surface area contributed by atoms with Crippen LogP contribution in [0.3, 0.4) is 0 Å². The Morgan fingerprint density at radius 3 is 2.77 bits per heavy atom. The zero-order valence-corrected chi connectivity index (χ0v) is 9.49. The summed E-state index contributed by atoms with van der Waals surface area (Å²) in [4.78, 5) is 0. The van der Waals surface area contributed by atoms with E-state index in [9.17, 15) is 4.39 Å². The maximum atomic E-state index is 13.4. The normalized spacial score (nSPS) is 13.0. The van der Waals surface area contributed by atoms with Gasteiger partial charge in [0.25, 0.3) is 0 Å².